The van der Waals surface area contributed by atoms with E-state index in [2.05, 4.69) is 0 Å². The number of esters is 2. The predicted octanol–water partition coefficient (Wildman–Crippen LogP) is 2.58. The highest BCUT2D eigenvalue weighted by Crippen LogP contribution is 2.29. The lowest BCUT2D eigenvalue weighted by atomic mass is 9.90. The van der Waals surface area contributed by atoms with Crippen LogP contribution in [0.4, 0.5) is 0 Å². The molecule has 23 heavy (non-hydrogen) atoms. The van der Waals surface area contributed by atoms with Gasteiger partial charge in [-0.3, -0.25) is 4.79 Å². The Morgan fingerprint density at radius 3 is 2.57 bits per heavy atom. The summed E-state index contributed by atoms with van der Waals surface area (Å²) in [4.78, 5) is 35.1. The first-order chi connectivity index (χ1) is 11.0. The topological polar surface area (TPSA) is 69.7 Å². The van der Waals surface area contributed by atoms with Crippen molar-refractivity contribution in [3.05, 3.63) is 65.2 Å². The average molecular weight is 310 g/mol. The van der Waals surface area contributed by atoms with E-state index in [-0.39, 0.29) is 12.2 Å². The zero-order valence-corrected chi connectivity index (χ0v) is 12.4. The van der Waals surface area contributed by atoms with Gasteiger partial charge in [0, 0.05) is 12.0 Å². The van der Waals surface area contributed by atoms with Crippen LogP contribution in [0.15, 0.2) is 48.5 Å². The van der Waals surface area contributed by atoms with Crippen molar-refractivity contribution in [3.8, 4) is 5.75 Å². The van der Waals surface area contributed by atoms with Crippen LogP contribution >= 0.6 is 0 Å². The first-order valence-electron chi connectivity index (χ1n) is 7.10. The minimum atomic E-state index is -1.38. The quantitative estimate of drug-likeness (QED) is 0.495. The molecule has 1 unspecified atom stereocenters. The Bertz CT molecular complexity index is 778. The minimum absolute atomic E-state index is 0.250. The molecule has 0 aliphatic carbocycles. The third-order valence-electron chi connectivity index (χ3n) is 3.74. The fourth-order valence-electron chi connectivity index (χ4n) is 2.48. The highest BCUT2D eigenvalue weighted by atomic mass is 16.6. The normalized spacial score (nSPS) is 19.4. The molecule has 5 heteroatoms. The van der Waals surface area contributed by atoms with Gasteiger partial charge in [-0.05, 0) is 42.8 Å². The molecular formula is C18H14O5. The summed E-state index contributed by atoms with van der Waals surface area (Å²) in [6, 6.07) is 13.1. The fraction of sp³-hybridized carbons (Fsp3) is 0.167. The van der Waals surface area contributed by atoms with Crippen LogP contribution in [0.2, 0.25) is 0 Å². The number of carbonyl (C=O) groups excluding carboxylic acids is 3. The summed E-state index contributed by atoms with van der Waals surface area (Å²) in [6.07, 6.45) is 0.951. The Morgan fingerprint density at radius 2 is 1.87 bits per heavy atom. The van der Waals surface area contributed by atoms with Crippen molar-refractivity contribution >= 4 is 18.2 Å². The molecular weight excluding hydrogens is 296 g/mol. The summed E-state index contributed by atoms with van der Waals surface area (Å²) >= 11 is 0. The van der Waals surface area contributed by atoms with Crippen LogP contribution in [-0.2, 0) is 16.0 Å². The van der Waals surface area contributed by atoms with Gasteiger partial charge >= 0.3 is 11.9 Å². The summed E-state index contributed by atoms with van der Waals surface area (Å²) in [5.41, 5.74) is 0.316. The van der Waals surface area contributed by atoms with E-state index in [0.29, 0.717) is 17.4 Å². The smallest absolute Gasteiger partial charge is 0.356 e. The molecule has 1 heterocycles. The molecule has 2 aromatic carbocycles. The maximum atomic E-state index is 12.4. The van der Waals surface area contributed by atoms with Crippen LogP contribution in [0.5, 0.6) is 5.75 Å². The Morgan fingerprint density at radius 1 is 1.17 bits per heavy atom. The lowest BCUT2D eigenvalue weighted by Gasteiger charge is -2.32. The molecule has 0 N–H and O–H groups in total. The van der Waals surface area contributed by atoms with Crippen LogP contribution in [0, 0.1) is 0 Å². The van der Waals surface area contributed by atoms with Crippen molar-refractivity contribution in [1.29, 1.82) is 0 Å². The Hall–Kier alpha value is -2.95. The van der Waals surface area contributed by atoms with E-state index in [1.165, 1.54) is 19.1 Å². The van der Waals surface area contributed by atoms with Gasteiger partial charge in [0.25, 0.3) is 0 Å². The Balaban J connectivity index is 1.81. The van der Waals surface area contributed by atoms with Crippen molar-refractivity contribution in [2.24, 2.45) is 0 Å². The lowest BCUT2D eigenvalue weighted by Crippen LogP contribution is -2.48. The molecule has 5 nitrogen and oxygen atoms in total. The van der Waals surface area contributed by atoms with Crippen molar-refractivity contribution in [1.82, 2.24) is 0 Å². The van der Waals surface area contributed by atoms with Crippen molar-refractivity contribution in [3.63, 3.8) is 0 Å². The minimum Gasteiger partial charge on any atom is -0.443 e. The molecule has 1 aliphatic rings. The average Bonchev–Trinajstić information content (AvgIpc) is 2.55. The van der Waals surface area contributed by atoms with Crippen LogP contribution in [-0.4, -0.2) is 23.8 Å². The maximum absolute atomic E-state index is 12.4. The maximum Gasteiger partial charge on any atom is 0.356 e. The highest BCUT2D eigenvalue weighted by Gasteiger charge is 2.44. The second-order valence-corrected chi connectivity index (χ2v) is 5.53. The molecule has 0 fully saturated rings. The standard InChI is InChI=1S/C18H14O5/c1-18(10-13-4-2-3-5-15(13)16(20)23-18)17(21)22-14-8-6-12(11-19)7-9-14/h2-9,11H,10H2,1H3. The van der Waals surface area contributed by atoms with Crippen molar-refractivity contribution < 1.29 is 23.9 Å². The van der Waals surface area contributed by atoms with Crippen molar-refractivity contribution in [2.75, 3.05) is 0 Å². The molecule has 0 radical (unpaired) electrons. The van der Waals surface area contributed by atoms with Gasteiger partial charge in [-0.1, -0.05) is 18.2 Å². The first-order valence-corrected chi connectivity index (χ1v) is 7.10. The van der Waals surface area contributed by atoms with E-state index in [9.17, 15) is 14.4 Å². The Labute approximate surface area is 132 Å². The molecule has 2 aromatic rings. The van der Waals surface area contributed by atoms with Crippen LogP contribution in [0.25, 0.3) is 0 Å². The van der Waals surface area contributed by atoms with Crippen molar-refractivity contribution in [2.45, 2.75) is 18.9 Å². The van der Waals surface area contributed by atoms with Gasteiger partial charge in [-0.25, -0.2) is 9.59 Å². The van der Waals surface area contributed by atoms with Gasteiger partial charge in [0.05, 0.1) is 5.56 Å². The monoisotopic (exact) mass is 310 g/mol. The molecule has 1 aliphatic heterocycles. The largest absolute Gasteiger partial charge is 0.443 e. The number of benzene rings is 2. The number of hydrogen-bond donors (Lipinski definition) is 0. The van der Waals surface area contributed by atoms with E-state index < -0.39 is 17.5 Å². The van der Waals surface area contributed by atoms with Crippen LogP contribution in [0.3, 0.4) is 0 Å². The molecule has 116 valence electrons. The van der Waals surface area contributed by atoms with E-state index in [4.69, 9.17) is 9.47 Å². The summed E-state index contributed by atoms with van der Waals surface area (Å²) in [6.45, 7) is 1.53. The van der Waals surface area contributed by atoms with Gasteiger partial charge in [0.15, 0.2) is 0 Å². The summed E-state index contributed by atoms with van der Waals surface area (Å²) < 4.78 is 10.6. The predicted molar refractivity (Wildman–Crippen MR) is 81.4 cm³/mol. The SMILES string of the molecule is CC1(C(=O)Oc2ccc(C=O)cc2)Cc2ccccc2C(=O)O1. The third kappa shape index (κ3) is 2.85. The molecule has 0 amide bonds. The highest BCUT2D eigenvalue weighted by molar-refractivity contribution is 5.96. The number of aldehydes is 1. The summed E-state index contributed by atoms with van der Waals surface area (Å²) in [5.74, 6) is -0.904. The molecule has 0 bridgehead atoms. The van der Waals surface area contributed by atoms with E-state index in [0.717, 1.165) is 5.56 Å². The van der Waals surface area contributed by atoms with E-state index in [1.54, 1.807) is 36.4 Å². The molecule has 0 saturated heterocycles. The van der Waals surface area contributed by atoms with E-state index >= 15 is 0 Å². The van der Waals surface area contributed by atoms with Gasteiger partial charge in [0.2, 0.25) is 5.60 Å². The van der Waals surface area contributed by atoms with Gasteiger partial charge in [0.1, 0.15) is 12.0 Å². The molecule has 3 rings (SSSR count). The number of carbonyl (C=O) groups is 3. The van der Waals surface area contributed by atoms with Gasteiger partial charge in [-0.2, -0.15) is 0 Å². The summed E-state index contributed by atoms with van der Waals surface area (Å²) in [5, 5.41) is 0. The van der Waals surface area contributed by atoms with Gasteiger partial charge in [-0.15, -0.1) is 0 Å². The second-order valence-electron chi connectivity index (χ2n) is 5.53. The number of fused-ring (bicyclic) bond motifs is 1. The zero-order valence-electron chi connectivity index (χ0n) is 12.4. The summed E-state index contributed by atoms with van der Waals surface area (Å²) in [7, 11) is 0. The Kier molecular flexibility index (Phi) is 3.70. The number of rotatable bonds is 3. The lowest BCUT2D eigenvalue weighted by molar-refractivity contribution is -0.155. The zero-order chi connectivity index (χ0) is 16.4. The molecule has 0 saturated carbocycles. The number of hydrogen-bond acceptors (Lipinski definition) is 5. The fourth-order valence-corrected chi connectivity index (χ4v) is 2.48. The number of ether oxygens (including phenoxy) is 2. The van der Waals surface area contributed by atoms with Crippen LogP contribution in [0.1, 0.15) is 33.2 Å². The van der Waals surface area contributed by atoms with Gasteiger partial charge < -0.3 is 9.47 Å². The first kappa shape index (κ1) is 15.0. The molecule has 0 aromatic heterocycles. The molecule has 1 atom stereocenters. The number of cyclic esters (lactones) is 1. The van der Waals surface area contributed by atoms with Crippen LogP contribution < -0.4 is 4.74 Å². The third-order valence-corrected chi connectivity index (χ3v) is 3.74. The second kappa shape index (κ2) is 5.68. The van der Waals surface area contributed by atoms with E-state index in [1.807, 2.05) is 0 Å². The molecule has 0 spiro atoms.